The van der Waals surface area contributed by atoms with E-state index in [1.807, 2.05) is 14.1 Å². The highest BCUT2D eigenvalue weighted by atomic mass is 16.5. The van der Waals surface area contributed by atoms with Crippen LogP contribution < -0.4 is 0 Å². The third kappa shape index (κ3) is 47.8. The highest BCUT2D eigenvalue weighted by molar-refractivity contribution is 5.69. The van der Waals surface area contributed by atoms with Crippen LogP contribution in [0.2, 0.25) is 0 Å². The van der Waals surface area contributed by atoms with Gasteiger partial charge in [-0.05, 0) is 110 Å². The third-order valence-corrected chi connectivity index (χ3v) is 12.3. The molecule has 0 unspecified atom stereocenters. The van der Waals surface area contributed by atoms with Gasteiger partial charge >= 0.3 is 11.9 Å². The molecule has 0 rings (SSSR count). The van der Waals surface area contributed by atoms with Crippen molar-refractivity contribution < 1.29 is 28.9 Å². The van der Waals surface area contributed by atoms with Gasteiger partial charge in [0.2, 0.25) is 0 Å². The molecule has 0 aromatic rings. The molecule has 0 aromatic heterocycles. The van der Waals surface area contributed by atoms with Crippen molar-refractivity contribution in [1.29, 1.82) is 0 Å². The molecule has 366 valence electrons. The highest BCUT2D eigenvalue weighted by Crippen LogP contribution is 2.27. The molecule has 0 aliphatic heterocycles. The van der Waals surface area contributed by atoms with Gasteiger partial charge in [-0.1, -0.05) is 179 Å². The minimum atomic E-state index is -0.717. The van der Waals surface area contributed by atoms with E-state index in [0.29, 0.717) is 45.7 Å². The van der Waals surface area contributed by atoms with Crippen LogP contribution in [0.1, 0.15) is 264 Å². The summed E-state index contributed by atoms with van der Waals surface area (Å²) in [6, 6.07) is 0. The molecule has 0 radical (unpaired) electrons. The Morgan fingerprint density at radius 3 is 1.15 bits per heavy atom. The van der Waals surface area contributed by atoms with Crippen molar-refractivity contribution in [1.82, 2.24) is 4.90 Å². The van der Waals surface area contributed by atoms with Crippen LogP contribution in [-0.2, 0) is 23.8 Å². The first kappa shape index (κ1) is 60.3. The molecular formula is C55H105NO6. The summed E-state index contributed by atoms with van der Waals surface area (Å²) < 4.78 is 16.9. The van der Waals surface area contributed by atoms with E-state index in [0.717, 1.165) is 96.4 Å². The van der Waals surface area contributed by atoms with Crippen LogP contribution in [0.25, 0.3) is 0 Å². The number of unbranched alkanes of at least 4 members (excludes halogenated alkanes) is 28. The van der Waals surface area contributed by atoms with Crippen molar-refractivity contribution in [3.63, 3.8) is 0 Å². The zero-order chi connectivity index (χ0) is 45.3. The number of carbonyl (C=O) groups excluding carboxylic acids is 2. The average molecular weight is 876 g/mol. The lowest BCUT2D eigenvalue weighted by Gasteiger charge is -2.28. The van der Waals surface area contributed by atoms with Crippen LogP contribution in [0.15, 0.2) is 24.3 Å². The number of rotatable bonds is 50. The van der Waals surface area contributed by atoms with Gasteiger partial charge in [-0.25, -0.2) is 0 Å². The second kappa shape index (κ2) is 48.7. The molecule has 62 heavy (non-hydrogen) atoms. The molecule has 0 aliphatic carbocycles. The maximum Gasteiger partial charge on any atom is 0.305 e. The molecule has 0 saturated heterocycles. The fraction of sp³-hybridized carbons (Fsp3) is 0.891. The molecule has 0 atom stereocenters. The van der Waals surface area contributed by atoms with E-state index in [2.05, 4.69) is 43.1 Å². The Hall–Kier alpha value is -1.70. The molecule has 0 saturated carbocycles. The number of hydrogen-bond donors (Lipinski definition) is 1. The van der Waals surface area contributed by atoms with Gasteiger partial charge in [-0.2, -0.15) is 0 Å². The highest BCUT2D eigenvalue weighted by Gasteiger charge is 2.25. The van der Waals surface area contributed by atoms with E-state index in [9.17, 15) is 14.7 Å². The van der Waals surface area contributed by atoms with E-state index < -0.39 is 5.60 Å². The Labute approximate surface area is 385 Å². The lowest BCUT2D eigenvalue weighted by molar-refractivity contribution is -0.144. The number of esters is 2. The standard InChI is InChI=1S/C55H105NO6/c1-5-7-9-11-13-15-17-19-21-23-25-27-29-31-37-43-53(57)61-49-41-35-33-39-45-55(59,47-51-60-52-48-56(3)4)46-40-34-36-42-50-62-54(58)44-38-32-30-28-26-24-22-20-18-16-14-12-10-8-6-2/h19-22,59H,5-18,23-52H2,1-4H3/b21-19-,22-20-. The Morgan fingerprint density at radius 1 is 0.419 bits per heavy atom. The second-order valence-corrected chi connectivity index (χ2v) is 18.8. The zero-order valence-corrected chi connectivity index (χ0v) is 41.9. The van der Waals surface area contributed by atoms with Gasteiger partial charge in [0.25, 0.3) is 0 Å². The van der Waals surface area contributed by atoms with E-state index >= 15 is 0 Å². The van der Waals surface area contributed by atoms with Crippen molar-refractivity contribution in [2.75, 3.05) is 47.1 Å². The summed E-state index contributed by atoms with van der Waals surface area (Å²) in [4.78, 5) is 26.6. The monoisotopic (exact) mass is 876 g/mol. The molecule has 7 heteroatoms. The molecule has 0 spiro atoms. The van der Waals surface area contributed by atoms with Crippen molar-refractivity contribution >= 4 is 11.9 Å². The molecule has 0 aromatic carbocycles. The SMILES string of the molecule is CCCCCCCC/C=C\CCCCCCCC(=O)OCCCCCCC(O)(CCCCCCOC(=O)CCCCCCC/C=C\CCCCCCCC)CCOCCN(C)C. The molecule has 0 aliphatic rings. The van der Waals surface area contributed by atoms with Crippen LogP contribution in [0.5, 0.6) is 0 Å². The average Bonchev–Trinajstić information content (AvgIpc) is 3.25. The summed E-state index contributed by atoms with van der Waals surface area (Å²) in [5, 5.41) is 11.6. The first-order chi connectivity index (χ1) is 30.3. The minimum absolute atomic E-state index is 0.0572. The molecule has 0 heterocycles. The fourth-order valence-corrected chi connectivity index (χ4v) is 8.00. The van der Waals surface area contributed by atoms with Gasteiger partial charge in [0, 0.05) is 26.0 Å². The quantitative estimate of drug-likeness (QED) is 0.0370. The Kier molecular flexibility index (Phi) is 47.4. The molecular weight excluding hydrogens is 771 g/mol. The Morgan fingerprint density at radius 2 is 0.758 bits per heavy atom. The van der Waals surface area contributed by atoms with Gasteiger partial charge in [0.05, 0.1) is 25.4 Å². The van der Waals surface area contributed by atoms with Crippen LogP contribution in [-0.4, -0.2) is 74.6 Å². The second-order valence-electron chi connectivity index (χ2n) is 18.8. The lowest BCUT2D eigenvalue weighted by atomic mass is 9.87. The fourth-order valence-electron chi connectivity index (χ4n) is 8.00. The molecule has 7 nitrogen and oxygen atoms in total. The molecule has 0 amide bonds. The molecule has 0 fully saturated rings. The summed E-state index contributed by atoms with van der Waals surface area (Å²) in [5.74, 6) is -0.114. The largest absolute Gasteiger partial charge is 0.466 e. The lowest BCUT2D eigenvalue weighted by Crippen LogP contribution is -2.31. The smallest absolute Gasteiger partial charge is 0.305 e. The van der Waals surface area contributed by atoms with Crippen molar-refractivity contribution in [3.8, 4) is 0 Å². The third-order valence-electron chi connectivity index (χ3n) is 12.3. The summed E-state index contributed by atoms with van der Waals surface area (Å²) in [7, 11) is 4.09. The van der Waals surface area contributed by atoms with Gasteiger partial charge in [-0.15, -0.1) is 0 Å². The Balaban J connectivity index is 3.96. The van der Waals surface area contributed by atoms with Crippen molar-refractivity contribution in [2.24, 2.45) is 0 Å². The Bertz CT molecular complexity index is 930. The van der Waals surface area contributed by atoms with Gasteiger partial charge < -0.3 is 24.2 Å². The van der Waals surface area contributed by atoms with Crippen LogP contribution in [0, 0.1) is 0 Å². The maximum atomic E-state index is 12.2. The normalized spacial score (nSPS) is 12.1. The van der Waals surface area contributed by atoms with Gasteiger partial charge in [0.1, 0.15) is 0 Å². The number of nitrogens with zero attached hydrogens (tertiary/aromatic N) is 1. The van der Waals surface area contributed by atoms with Crippen LogP contribution in [0.3, 0.4) is 0 Å². The number of likely N-dealkylation sites (N-methyl/N-ethyl adjacent to an activating group) is 1. The van der Waals surface area contributed by atoms with E-state index in [-0.39, 0.29) is 11.9 Å². The first-order valence-electron chi connectivity index (χ1n) is 26.9. The van der Waals surface area contributed by atoms with Crippen molar-refractivity contribution in [2.45, 2.75) is 270 Å². The summed E-state index contributed by atoms with van der Waals surface area (Å²) in [6.07, 6.45) is 53.1. The zero-order valence-electron chi connectivity index (χ0n) is 41.9. The number of aliphatic hydroxyl groups is 1. The van der Waals surface area contributed by atoms with E-state index in [1.165, 1.54) is 141 Å². The predicted octanol–water partition coefficient (Wildman–Crippen LogP) is 15.7. The summed E-state index contributed by atoms with van der Waals surface area (Å²) in [6.45, 7) is 7.67. The molecule has 1 N–H and O–H groups in total. The van der Waals surface area contributed by atoms with Crippen molar-refractivity contribution in [3.05, 3.63) is 24.3 Å². The predicted molar refractivity (Wildman–Crippen MR) is 266 cm³/mol. The van der Waals surface area contributed by atoms with Gasteiger partial charge in [0.15, 0.2) is 0 Å². The van der Waals surface area contributed by atoms with E-state index in [1.54, 1.807) is 0 Å². The van der Waals surface area contributed by atoms with Crippen LogP contribution >= 0.6 is 0 Å². The summed E-state index contributed by atoms with van der Waals surface area (Å²) >= 11 is 0. The first-order valence-corrected chi connectivity index (χ1v) is 26.9. The number of carbonyl (C=O) groups is 2. The summed E-state index contributed by atoms with van der Waals surface area (Å²) in [5.41, 5.74) is -0.717. The minimum Gasteiger partial charge on any atom is -0.466 e. The van der Waals surface area contributed by atoms with E-state index in [4.69, 9.17) is 14.2 Å². The van der Waals surface area contributed by atoms with Gasteiger partial charge in [-0.3, -0.25) is 9.59 Å². The topological polar surface area (TPSA) is 85.3 Å². The van der Waals surface area contributed by atoms with Crippen LogP contribution in [0.4, 0.5) is 0 Å². The molecule has 0 bridgehead atoms. The maximum absolute atomic E-state index is 12.2. The number of hydrogen-bond acceptors (Lipinski definition) is 7. The number of ether oxygens (including phenoxy) is 3. The number of allylic oxidation sites excluding steroid dienone is 4.